The minimum absolute atomic E-state index is 0.407. The average molecular weight is 285 g/mol. The zero-order chi connectivity index (χ0) is 15.1. The summed E-state index contributed by atoms with van der Waals surface area (Å²) in [7, 11) is 0. The number of nitrogens with two attached hydrogens (primary N) is 1. The molecule has 0 atom stereocenters. The minimum Gasteiger partial charge on any atom is -0.396 e. The van der Waals surface area contributed by atoms with Crippen LogP contribution in [0, 0.1) is 11.3 Å². The second-order valence-electron chi connectivity index (χ2n) is 4.98. The van der Waals surface area contributed by atoms with Gasteiger partial charge in [0.25, 0.3) is 0 Å². The third-order valence-corrected chi connectivity index (χ3v) is 3.76. The van der Waals surface area contributed by atoms with Crippen LogP contribution in [0.2, 0.25) is 0 Å². The van der Waals surface area contributed by atoms with Crippen LogP contribution >= 0.6 is 0 Å². The SMILES string of the molecule is N#Cc1c(N)c2c(-c3ccccc3)nnn2c2ccccc12. The number of hydrogen-bond acceptors (Lipinski definition) is 4. The molecule has 0 aliphatic carbocycles. The van der Waals surface area contributed by atoms with Crippen LogP contribution in [0.5, 0.6) is 0 Å². The van der Waals surface area contributed by atoms with Crippen molar-refractivity contribution < 1.29 is 0 Å². The second-order valence-corrected chi connectivity index (χ2v) is 4.98. The normalized spacial score (nSPS) is 10.9. The van der Waals surface area contributed by atoms with Gasteiger partial charge in [0.1, 0.15) is 17.3 Å². The maximum Gasteiger partial charge on any atom is 0.123 e. The zero-order valence-electron chi connectivity index (χ0n) is 11.6. The van der Waals surface area contributed by atoms with Crippen molar-refractivity contribution in [3.8, 4) is 17.3 Å². The van der Waals surface area contributed by atoms with E-state index >= 15 is 0 Å². The van der Waals surface area contributed by atoms with Crippen LogP contribution in [0.15, 0.2) is 54.6 Å². The molecule has 2 aromatic carbocycles. The van der Waals surface area contributed by atoms with E-state index in [-0.39, 0.29) is 0 Å². The number of benzene rings is 2. The van der Waals surface area contributed by atoms with Gasteiger partial charge in [-0.25, -0.2) is 4.52 Å². The van der Waals surface area contributed by atoms with Crippen LogP contribution in [-0.4, -0.2) is 14.8 Å². The van der Waals surface area contributed by atoms with E-state index in [2.05, 4.69) is 16.4 Å². The molecule has 0 radical (unpaired) electrons. The molecule has 0 amide bonds. The van der Waals surface area contributed by atoms with Crippen LogP contribution in [-0.2, 0) is 0 Å². The Labute approximate surface area is 126 Å². The van der Waals surface area contributed by atoms with Gasteiger partial charge in [-0.1, -0.05) is 53.7 Å². The molecule has 2 N–H and O–H groups in total. The van der Waals surface area contributed by atoms with Crippen LogP contribution in [0.3, 0.4) is 0 Å². The highest BCUT2D eigenvalue weighted by Gasteiger charge is 2.18. The second kappa shape index (κ2) is 4.57. The first-order valence-corrected chi connectivity index (χ1v) is 6.82. The largest absolute Gasteiger partial charge is 0.396 e. The number of nitrogens with zero attached hydrogens (tertiary/aromatic N) is 4. The Bertz CT molecular complexity index is 1040. The van der Waals surface area contributed by atoms with Gasteiger partial charge in [0.15, 0.2) is 0 Å². The van der Waals surface area contributed by atoms with Crippen molar-refractivity contribution in [3.63, 3.8) is 0 Å². The van der Waals surface area contributed by atoms with Crippen LogP contribution < -0.4 is 5.73 Å². The van der Waals surface area contributed by atoms with Gasteiger partial charge in [0.2, 0.25) is 0 Å². The summed E-state index contributed by atoms with van der Waals surface area (Å²) in [6.07, 6.45) is 0. The van der Waals surface area contributed by atoms with Crippen molar-refractivity contribution in [1.82, 2.24) is 14.8 Å². The molecule has 104 valence electrons. The maximum absolute atomic E-state index is 9.49. The van der Waals surface area contributed by atoms with Gasteiger partial charge >= 0.3 is 0 Å². The molecule has 4 rings (SSSR count). The van der Waals surface area contributed by atoms with Gasteiger partial charge in [0.05, 0.1) is 16.8 Å². The lowest BCUT2D eigenvalue weighted by Crippen LogP contribution is -2.00. The molecule has 2 aromatic heterocycles. The number of pyridine rings is 1. The monoisotopic (exact) mass is 285 g/mol. The molecule has 0 saturated heterocycles. The summed E-state index contributed by atoms with van der Waals surface area (Å²) >= 11 is 0. The third-order valence-electron chi connectivity index (χ3n) is 3.76. The van der Waals surface area contributed by atoms with Crippen LogP contribution in [0.25, 0.3) is 27.7 Å². The first-order valence-electron chi connectivity index (χ1n) is 6.82. The van der Waals surface area contributed by atoms with Gasteiger partial charge in [0, 0.05) is 10.9 Å². The number of aromatic nitrogens is 3. The highest BCUT2D eigenvalue weighted by atomic mass is 15.4. The zero-order valence-corrected chi connectivity index (χ0v) is 11.6. The Balaban J connectivity index is 2.21. The first kappa shape index (κ1) is 12.4. The molecule has 0 unspecified atom stereocenters. The predicted molar refractivity (Wildman–Crippen MR) is 85.1 cm³/mol. The summed E-state index contributed by atoms with van der Waals surface area (Å²) in [4.78, 5) is 0. The van der Waals surface area contributed by atoms with Crippen molar-refractivity contribution in [2.75, 3.05) is 5.73 Å². The summed E-state index contributed by atoms with van der Waals surface area (Å²) in [5, 5.41) is 18.8. The topological polar surface area (TPSA) is 80.0 Å². The van der Waals surface area contributed by atoms with Crippen molar-refractivity contribution >= 4 is 22.1 Å². The van der Waals surface area contributed by atoms with Gasteiger partial charge in [-0.3, -0.25) is 0 Å². The fourth-order valence-corrected chi connectivity index (χ4v) is 2.74. The van der Waals surface area contributed by atoms with E-state index in [0.29, 0.717) is 22.5 Å². The number of hydrogen-bond donors (Lipinski definition) is 1. The summed E-state index contributed by atoms with van der Waals surface area (Å²) in [6, 6.07) is 19.5. The standard InChI is InChI=1S/C17H11N5/c18-10-13-12-8-4-5-9-14(12)22-17(15(13)19)16(20-21-22)11-6-2-1-3-7-11/h1-9H,19H2. The smallest absolute Gasteiger partial charge is 0.123 e. The predicted octanol–water partition coefficient (Wildman–Crippen LogP) is 3.00. The number of fused-ring (bicyclic) bond motifs is 3. The lowest BCUT2D eigenvalue weighted by molar-refractivity contribution is 0.884. The lowest BCUT2D eigenvalue weighted by Gasteiger charge is -2.08. The minimum atomic E-state index is 0.407. The van der Waals surface area contributed by atoms with Crippen molar-refractivity contribution in [2.45, 2.75) is 0 Å². The molecule has 22 heavy (non-hydrogen) atoms. The van der Waals surface area contributed by atoms with Gasteiger partial charge < -0.3 is 5.73 Å². The van der Waals surface area contributed by atoms with E-state index in [9.17, 15) is 5.26 Å². The van der Waals surface area contributed by atoms with E-state index in [1.54, 1.807) is 4.52 Å². The Kier molecular flexibility index (Phi) is 2.57. The summed E-state index contributed by atoms with van der Waals surface area (Å²) in [5.74, 6) is 0. The Morgan fingerprint density at radius 2 is 1.73 bits per heavy atom. The molecule has 0 spiro atoms. The maximum atomic E-state index is 9.49. The van der Waals surface area contributed by atoms with E-state index in [0.717, 1.165) is 16.5 Å². The van der Waals surface area contributed by atoms with E-state index in [1.807, 2.05) is 54.6 Å². The number of nitrogen functional groups attached to an aromatic ring is 1. The van der Waals surface area contributed by atoms with Gasteiger partial charge in [-0.15, -0.1) is 5.10 Å². The van der Waals surface area contributed by atoms with Crippen molar-refractivity contribution in [1.29, 1.82) is 5.26 Å². The third kappa shape index (κ3) is 1.58. The average Bonchev–Trinajstić information content (AvgIpc) is 3.02. The number of rotatable bonds is 1. The number of para-hydroxylation sites is 1. The van der Waals surface area contributed by atoms with Gasteiger partial charge in [-0.2, -0.15) is 5.26 Å². The van der Waals surface area contributed by atoms with E-state index < -0.39 is 0 Å². The van der Waals surface area contributed by atoms with Crippen molar-refractivity contribution in [2.24, 2.45) is 0 Å². The molecular weight excluding hydrogens is 274 g/mol. The summed E-state index contributed by atoms with van der Waals surface area (Å²) in [6.45, 7) is 0. The molecule has 0 fully saturated rings. The van der Waals surface area contributed by atoms with Crippen molar-refractivity contribution in [3.05, 3.63) is 60.2 Å². The molecule has 4 aromatic rings. The van der Waals surface area contributed by atoms with Crippen LogP contribution in [0.4, 0.5) is 5.69 Å². The highest BCUT2D eigenvalue weighted by molar-refractivity contribution is 6.00. The van der Waals surface area contributed by atoms with Crippen LogP contribution in [0.1, 0.15) is 5.56 Å². The Morgan fingerprint density at radius 1 is 1.00 bits per heavy atom. The molecule has 2 heterocycles. The molecule has 5 nitrogen and oxygen atoms in total. The highest BCUT2D eigenvalue weighted by Crippen LogP contribution is 2.33. The fraction of sp³-hybridized carbons (Fsp3) is 0. The number of nitriles is 1. The summed E-state index contributed by atoms with van der Waals surface area (Å²) in [5.41, 5.74) is 10.2. The molecule has 0 bridgehead atoms. The molecule has 0 aliphatic rings. The Morgan fingerprint density at radius 3 is 2.50 bits per heavy atom. The number of anilines is 1. The molecular formula is C17H11N5. The molecule has 5 heteroatoms. The van der Waals surface area contributed by atoms with E-state index in [1.165, 1.54) is 0 Å². The Hall–Kier alpha value is -3.39. The summed E-state index contributed by atoms with van der Waals surface area (Å²) < 4.78 is 1.70. The quantitative estimate of drug-likeness (QED) is 0.583. The molecule has 0 saturated carbocycles. The lowest BCUT2D eigenvalue weighted by atomic mass is 10.0. The molecule has 0 aliphatic heterocycles. The fourth-order valence-electron chi connectivity index (χ4n) is 2.74. The van der Waals surface area contributed by atoms with Gasteiger partial charge in [-0.05, 0) is 6.07 Å². The van der Waals surface area contributed by atoms with E-state index in [4.69, 9.17) is 5.73 Å². The first-order chi connectivity index (χ1) is 10.8.